The summed E-state index contributed by atoms with van der Waals surface area (Å²) in [6.07, 6.45) is 0. The van der Waals surface area contributed by atoms with Crippen LogP contribution in [0.2, 0.25) is 10.0 Å². The van der Waals surface area contributed by atoms with Crippen molar-refractivity contribution in [3.8, 4) is 11.5 Å². The number of methoxy groups -OCH3 is 2. The van der Waals surface area contributed by atoms with Crippen LogP contribution in [0.25, 0.3) is 0 Å². The highest BCUT2D eigenvalue weighted by molar-refractivity contribution is 6.36. The molecule has 0 bridgehead atoms. The Morgan fingerprint density at radius 2 is 1.91 bits per heavy atom. The lowest BCUT2D eigenvalue weighted by molar-refractivity contribution is 0.0950. The largest absolute Gasteiger partial charge is 0.493 e. The minimum Gasteiger partial charge on any atom is -0.493 e. The van der Waals surface area contributed by atoms with E-state index in [9.17, 15) is 9.18 Å². The number of ether oxygens (including phenoxy) is 2. The predicted molar refractivity (Wildman–Crippen MR) is 87.1 cm³/mol. The van der Waals surface area contributed by atoms with Crippen LogP contribution in [0, 0.1) is 5.82 Å². The first kappa shape index (κ1) is 17.4. The first-order chi connectivity index (χ1) is 11.0. The molecular formula is C16H14Cl2FNO3. The Bertz CT molecular complexity index is 738. The molecule has 0 radical (unpaired) electrons. The summed E-state index contributed by atoms with van der Waals surface area (Å²) in [6.45, 7) is 0.166. The molecule has 0 aromatic heterocycles. The molecule has 7 heteroatoms. The van der Waals surface area contributed by atoms with Crippen molar-refractivity contribution in [3.05, 3.63) is 57.3 Å². The fraction of sp³-hybridized carbons (Fsp3) is 0.188. The molecule has 0 fully saturated rings. The van der Waals surface area contributed by atoms with E-state index in [0.29, 0.717) is 17.1 Å². The van der Waals surface area contributed by atoms with Gasteiger partial charge in [-0.25, -0.2) is 4.39 Å². The van der Waals surface area contributed by atoms with Crippen LogP contribution >= 0.6 is 23.2 Å². The number of carbonyl (C=O) groups excluding carboxylic acids is 1. The highest BCUT2D eigenvalue weighted by atomic mass is 35.5. The SMILES string of the molecule is COc1cccc(CNC(=O)c2cc(F)c(Cl)cc2Cl)c1OC. The number of carbonyl (C=O) groups is 1. The van der Waals surface area contributed by atoms with Crippen molar-refractivity contribution in [2.45, 2.75) is 6.54 Å². The smallest absolute Gasteiger partial charge is 0.253 e. The van der Waals surface area contributed by atoms with Crippen LogP contribution in [0.5, 0.6) is 11.5 Å². The van der Waals surface area contributed by atoms with E-state index in [1.807, 2.05) is 0 Å². The van der Waals surface area contributed by atoms with E-state index in [1.54, 1.807) is 18.2 Å². The Balaban J connectivity index is 2.19. The normalized spacial score (nSPS) is 10.3. The summed E-state index contributed by atoms with van der Waals surface area (Å²) in [5, 5.41) is 2.60. The summed E-state index contributed by atoms with van der Waals surface area (Å²) >= 11 is 11.5. The monoisotopic (exact) mass is 357 g/mol. The van der Waals surface area contributed by atoms with Crippen molar-refractivity contribution in [1.82, 2.24) is 5.32 Å². The summed E-state index contributed by atoms with van der Waals surface area (Å²) in [5.74, 6) is -0.158. The number of rotatable bonds is 5. The zero-order valence-electron chi connectivity index (χ0n) is 12.5. The highest BCUT2D eigenvalue weighted by Gasteiger charge is 2.15. The maximum absolute atomic E-state index is 13.5. The van der Waals surface area contributed by atoms with Crippen molar-refractivity contribution in [1.29, 1.82) is 0 Å². The number of benzene rings is 2. The Labute approximate surface area is 143 Å². The van der Waals surface area contributed by atoms with Gasteiger partial charge in [0, 0.05) is 12.1 Å². The van der Waals surface area contributed by atoms with E-state index < -0.39 is 11.7 Å². The van der Waals surface area contributed by atoms with Gasteiger partial charge in [0.1, 0.15) is 5.82 Å². The Morgan fingerprint density at radius 3 is 2.57 bits per heavy atom. The number of para-hydroxylation sites is 1. The molecule has 0 saturated carbocycles. The molecule has 1 N–H and O–H groups in total. The van der Waals surface area contributed by atoms with Crippen molar-refractivity contribution in [3.63, 3.8) is 0 Å². The van der Waals surface area contributed by atoms with Crippen LogP contribution in [0.4, 0.5) is 4.39 Å². The Morgan fingerprint density at radius 1 is 1.17 bits per heavy atom. The molecule has 23 heavy (non-hydrogen) atoms. The molecular weight excluding hydrogens is 344 g/mol. The minimum atomic E-state index is -0.708. The lowest BCUT2D eigenvalue weighted by atomic mass is 10.1. The van der Waals surface area contributed by atoms with Gasteiger partial charge in [0.2, 0.25) is 0 Å². The van der Waals surface area contributed by atoms with Crippen LogP contribution in [-0.2, 0) is 6.54 Å². The number of amides is 1. The van der Waals surface area contributed by atoms with Crippen LogP contribution in [0.15, 0.2) is 30.3 Å². The minimum absolute atomic E-state index is 0.00966. The predicted octanol–water partition coefficient (Wildman–Crippen LogP) is 4.08. The van der Waals surface area contributed by atoms with Gasteiger partial charge in [0.05, 0.1) is 29.8 Å². The molecule has 2 aromatic rings. The third-order valence-corrected chi connectivity index (χ3v) is 3.78. The second-order valence-corrected chi connectivity index (χ2v) is 5.40. The third kappa shape index (κ3) is 3.86. The van der Waals surface area contributed by atoms with Gasteiger partial charge >= 0.3 is 0 Å². The van der Waals surface area contributed by atoms with Crippen LogP contribution < -0.4 is 14.8 Å². The fourth-order valence-electron chi connectivity index (χ4n) is 2.06. The van der Waals surface area contributed by atoms with Crippen LogP contribution in [-0.4, -0.2) is 20.1 Å². The van der Waals surface area contributed by atoms with Crippen molar-refractivity contribution < 1.29 is 18.7 Å². The van der Waals surface area contributed by atoms with Gasteiger partial charge in [0.15, 0.2) is 11.5 Å². The summed E-state index contributed by atoms with van der Waals surface area (Å²) < 4.78 is 24.0. The first-order valence-electron chi connectivity index (χ1n) is 6.60. The van der Waals surface area contributed by atoms with Crippen molar-refractivity contribution in [2.24, 2.45) is 0 Å². The molecule has 0 heterocycles. The zero-order valence-corrected chi connectivity index (χ0v) is 14.0. The summed E-state index contributed by atoms with van der Waals surface area (Å²) in [7, 11) is 3.03. The number of hydrogen-bond donors (Lipinski definition) is 1. The summed E-state index contributed by atoms with van der Waals surface area (Å²) in [6, 6.07) is 7.50. The zero-order chi connectivity index (χ0) is 17.0. The molecule has 0 aliphatic carbocycles. The number of hydrogen-bond acceptors (Lipinski definition) is 3. The number of halogens is 3. The molecule has 0 atom stereocenters. The van der Waals surface area contributed by atoms with E-state index >= 15 is 0 Å². The standard InChI is InChI=1S/C16H14Cl2FNO3/c1-22-14-5-3-4-9(15(14)23-2)8-20-16(21)10-6-13(19)12(18)7-11(10)17/h3-7H,8H2,1-2H3,(H,20,21). The quantitative estimate of drug-likeness (QED) is 0.820. The van der Waals surface area contributed by atoms with Gasteiger partial charge in [-0.1, -0.05) is 35.3 Å². The van der Waals surface area contributed by atoms with Crippen LogP contribution in [0.1, 0.15) is 15.9 Å². The van der Waals surface area contributed by atoms with Gasteiger partial charge in [0.25, 0.3) is 5.91 Å². The number of nitrogens with one attached hydrogen (secondary N) is 1. The van der Waals surface area contributed by atoms with E-state index in [1.165, 1.54) is 20.3 Å². The van der Waals surface area contributed by atoms with Gasteiger partial charge in [-0.15, -0.1) is 0 Å². The second kappa shape index (κ2) is 7.53. The Hall–Kier alpha value is -1.98. The van der Waals surface area contributed by atoms with E-state index in [4.69, 9.17) is 32.7 Å². The van der Waals surface area contributed by atoms with E-state index in [0.717, 1.165) is 6.07 Å². The molecule has 0 unspecified atom stereocenters. The molecule has 2 aromatic carbocycles. The first-order valence-corrected chi connectivity index (χ1v) is 7.36. The summed E-state index contributed by atoms with van der Waals surface area (Å²) in [4.78, 5) is 12.2. The van der Waals surface area contributed by atoms with Crippen molar-refractivity contribution >= 4 is 29.1 Å². The topological polar surface area (TPSA) is 47.6 Å². The second-order valence-electron chi connectivity index (χ2n) is 4.58. The molecule has 2 rings (SSSR count). The van der Waals surface area contributed by atoms with Gasteiger partial charge < -0.3 is 14.8 Å². The van der Waals surface area contributed by atoms with E-state index in [-0.39, 0.29) is 22.2 Å². The average molecular weight is 358 g/mol. The maximum Gasteiger partial charge on any atom is 0.253 e. The van der Waals surface area contributed by atoms with Gasteiger partial charge in [-0.05, 0) is 18.2 Å². The molecule has 0 aliphatic heterocycles. The molecule has 0 aliphatic rings. The fourth-order valence-corrected chi connectivity index (χ4v) is 2.53. The lowest BCUT2D eigenvalue weighted by Crippen LogP contribution is -2.23. The lowest BCUT2D eigenvalue weighted by Gasteiger charge is -2.13. The molecule has 0 saturated heterocycles. The van der Waals surface area contributed by atoms with Crippen molar-refractivity contribution in [2.75, 3.05) is 14.2 Å². The molecule has 4 nitrogen and oxygen atoms in total. The molecule has 122 valence electrons. The molecule has 0 spiro atoms. The van der Waals surface area contributed by atoms with Gasteiger partial charge in [-0.3, -0.25) is 4.79 Å². The summed E-state index contributed by atoms with van der Waals surface area (Å²) in [5.41, 5.74) is 0.723. The van der Waals surface area contributed by atoms with E-state index in [2.05, 4.69) is 5.32 Å². The van der Waals surface area contributed by atoms with Gasteiger partial charge in [-0.2, -0.15) is 0 Å². The molecule has 1 amide bonds. The highest BCUT2D eigenvalue weighted by Crippen LogP contribution is 2.30. The third-order valence-electron chi connectivity index (χ3n) is 3.18. The average Bonchev–Trinajstić information content (AvgIpc) is 2.55. The van der Waals surface area contributed by atoms with Crippen LogP contribution in [0.3, 0.4) is 0 Å². The Kier molecular flexibility index (Phi) is 5.69. The maximum atomic E-state index is 13.5.